The molecule has 0 aromatic heterocycles. The highest BCUT2D eigenvalue weighted by atomic mass is 16.5. The summed E-state index contributed by atoms with van der Waals surface area (Å²) in [5, 5.41) is 0. The van der Waals surface area contributed by atoms with Crippen molar-refractivity contribution in [2.24, 2.45) is 0 Å². The van der Waals surface area contributed by atoms with E-state index in [1.54, 1.807) is 0 Å². The summed E-state index contributed by atoms with van der Waals surface area (Å²) in [6.07, 6.45) is 2.80. The van der Waals surface area contributed by atoms with Crippen LogP contribution in [0.1, 0.15) is 19.8 Å². The smallest absolute Gasteiger partial charge is 0.309 e. The minimum atomic E-state index is -0.258. The molecule has 0 amide bonds. The summed E-state index contributed by atoms with van der Waals surface area (Å²) >= 11 is 0. The topological polar surface area (TPSA) is 26.3 Å². The van der Waals surface area contributed by atoms with E-state index in [9.17, 15) is 4.79 Å². The number of hydrogen-bond donors (Lipinski definition) is 0. The van der Waals surface area contributed by atoms with Gasteiger partial charge in [-0.1, -0.05) is 13.8 Å². The highest BCUT2D eigenvalue weighted by Crippen LogP contribution is 1.89. The molecular weight excluding hydrogens is 116 g/mol. The second kappa shape index (κ2) is 5.60. The van der Waals surface area contributed by atoms with Crippen molar-refractivity contribution in [2.45, 2.75) is 19.8 Å². The number of esters is 1. The fourth-order valence-electron chi connectivity index (χ4n) is 0.379. The molecule has 0 heterocycles. The van der Waals surface area contributed by atoms with Crippen LogP contribution in [0, 0.1) is 13.3 Å². The molecule has 0 unspecified atom stereocenters. The van der Waals surface area contributed by atoms with Gasteiger partial charge in [0.05, 0.1) is 13.0 Å². The van der Waals surface area contributed by atoms with Crippen LogP contribution in [0.2, 0.25) is 0 Å². The second-order valence-corrected chi connectivity index (χ2v) is 1.66. The molecule has 9 heavy (non-hydrogen) atoms. The van der Waals surface area contributed by atoms with Crippen LogP contribution >= 0.6 is 0 Å². The van der Waals surface area contributed by atoms with Gasteiger partial charge in [-0.15, -0.1) is 0 Å². The summed E-state index contributed by atoms with van der Waals surface area (Å²) in [5.41, 5.74) is 0. The average Bonchev–Trinajstić information content (AvgIpc) is 1.85. The van der Waals surface area contributed by atoms with Crippen LogP contribution < -0.4 is 0 Å². The van der Waals surface area contributed by atoms with Crippen LogP contribution in [-0.2, 0) is 9.53 Å². The van der Waals surface area contributed by atoms with E-state index in [2.05, 4.69) is 6.92 Å². The van der Waals surface area contributed by atoms with E-state index >= 15 is 0 Å². The molecule has 0 rings (SSSR count). The van der Waals surface area contributed by atoms with Gasteiger partial charge < -0.3 is 4.74 Å². The van der Waals surface area contributed by atoms with E-state index in [0.29, 0.717) is 13.0 Å². The molecule has 0 aliphatic rings. The standard InChI is InChI=1S/C7H12O2/c1-3-5-7(8)9-6-4-2/h5H,1,3-4,6H2,2H3. The lowest BCUT2D eigenvalue weighted by molar-refractivity contribution is -0.139. The first-order chi connectivity index (χ1) is 4.31. The Labute approximate surface area is 56.2 Å². The molecule has 0 bridgehead atoms. The third-order valence-corrected chi connectivity index (χ3v) is 0.759. The summed E-state index contributed by atoms with van der Waals surface area (Å²) in [6, 6.07) is 0. The minimum Gasteiger partial charge on any atom is -0.465 e. The van der Waals surface area contributed by atoms with Crippen LogP contribution in [-0.4, -0.2) is 12.6 Å². The monoisotopic (exact) mass is 128 g/mol. The zero-order valence-electron chi connectivity index (χ0n) is 5.72. The Hall–Kier alpha value is -0.530. The van der Waals surface area contributed by atoms with Crippen LogP contribution in [0.25, 0.3) is 0 Å². The van der Waals surface area contributed by atoms with Crippen molar-refractivity contribution in [1.29, 1.82) is 0 Å². The molecule has 52 valence electrons. The molecule has 0 spiro atoms. The quantitative estimate of drug-likeness (QED) is 0.534. The van der Waals surface area contributed by atoms with Gasteiger partial charge in [0.25, 0.3) is 0 Å². The summed E-state index contributed by atoms with van der Waals surface area (Å²) in [5.74, 6) is -0.258. The number of hydrogen-bond acceptors (Lipinski definition) is 2. The molecule has 0 aliphatic heterocycles. The maximum Gasteiger partial charge on any atom is 0.309 e. The summed E-state index contributed by atoms with van der Waals surface area (Å²) < 4.78 is 4.70. The number of carbonyl (C=O) groups excluding carboxylic acids is 1. The maximum absolute atomic E-state index is 10.5. The Bertz CT molecular complexity index is 79.0. The van der Waals surface area contributed by atoms with Crippen molar-refractivity contribution < 1.29 is 9.53 Å². The Morgan fingerprint density at radius 1 is 1.78 bits per heavy atom. The van der Waals surface area contributed by atoms with E-state index in [1.807, 2.05) is 6.92 Å². The predicted octanol–water partition coefficient (Wildman–Crippen LogP) is 1.37. The van der Waals surface area contributed by atoms with E-state index < -0.39 is 0 Å². The van der Waals surface area contributed by atoms with Crippen LogP contribution in [0.5, 0.6) is 0 Å². The Morgan fingerprint density at radius 3 is 2.89 bits per heavy atom. The Morgan fingerprint density at radius 2 is 2.44 bits per heavy atom. The largest absolute Gasteiger partial charge is 0.465 e. The van der Waals surface area contributed by atoms with Crippen molar-refractivity contribution in [3.05, 3.63) is 13.3 Å². The minimum absolute atomic E-state index is 0.258. The third kappa shape index (κ3) is 5.34. The van der Waals surface area contributed by atoms with Crippen LogP contribution in [0.4, 0.5) is 0 Å². The lowest BCUT2D eigenvalue weighted by atomic mass is 10.3. The van der Waals surface area contributed by atoms with Crippen molar-refractivity contribution in [1.82, 2.24) is 0 Å². The van der Waals surface area contributed by atoms with Crippen molar-refractivity contribution in [3.8, 4) is 0 Å². The first kappa shape index (κ1) is 8.47. The van der Waals surface area contributed by atoms with Crippen LogP contribution in [0.3, 0.4) is 0 Å². The molecule has 2 nitrogen and oxygen atoms in total. The van der Waals surface area contributed by atoms with Gasteiger partial charge in [0, 0.05) is 0 Å². The molecule has 2 heteroatoms. The first-order valence-electron chi connectivity index (χ1n) is 3.10. The Kier molecular flexibility index (Phi) is 5.27. The van der Waals surface area contributed by atoms with Crippen LogP contribution in [0.15, 0.2) is 0 Å². The number of ether oxygens (including phenoxy) is 1. The van der Waals surface area contributed by atoms with Crippen molar-refractivity contribution in [2.75, 3.05) is 6.61 Å². The molecule has 0 saturated heterocycles. The molecule has 0 aromatic carbocycles. The van der Waals surface area contributed by atoms with Gasteiger partial charge >= 0.3 is 5.97 Å². The van der Waals surface area contributed by atoms with Gasteiger partial charge in [0.15, 0.2) is 0 Å². The predicted molar refractivity (Wildman–Crippen MR) is 35.5 cm³/mol. The molecule has 2 radical (unpaired) electrons. The van der Waals surface area contributed by atoms with E-state index in [0.717, 1.165) is 6.42 Å². The molecule has 0 saturated carbocycles. The van der Waals surface area contributed by atoms with E-state index in [-0.39, 0.29) is 5.97 Å². The van der Waals surface area contributed by atoms with Gasteiger partial charge in [-0.25, -0.2) is 0 Å². The highest BCUT2D eigenvalue weighted by Gasteiger charge is 1.97. The molecule has 0 aromatic rings. The summed E-state index contributed by atoms with van der Waals surface area (Å²) in [6.45, 7) is 5.94. The van der Waals surface area contributed by atoms with Gasteiger partial charge in [-0.3, -0.25) is 4.79 Å². The van der Waals surface area contributed by atoms with Gasteiger partial charge in [0.1, 0.15) is 0 Å². The lowest BCUT2D eigenvalue weighted by Gasteiger charge is -1.98. The molecule has 0 atom stereocenters. The van der Waals surface area contributed by atoms with Crippen molar-refractivity contribution >= 4 is 5.97 Å². The fraction of sp³-hybridized carbons (Fsp3) is 0.571. The molecular formula is C7H12O2. The van der Waals surface area contributed by atoms with E-state index in [4.69, 9.17) is 4.74 Å². The van der Waals surface area contributed by atoms with E-state index in [1.165, 1.54) is 6.42 Å². The maximum atomic E-state index is 10.5. The molecule has 0 N–H and O–H groups in total. The highest BCUT2D eigenvalue weighted by molar-refractivity contribution is 5.78. The van der Waals surface area contributed by atoms with Gasteiger partial charge in [0.2, 0.25) is 0 Å². The number of rotatable bonds is 4. The van der Waals surface area contributed by atoms with Crippen molar-refractivity contribution in [3.63, 3.8) is 0 Å². The first-order valence-corrected chi connectivity index (χ1v) is 3.10. The summed E-state index contributed by atoms with van der Waals surface area (Å²) in [7, 11) is 0. The number of carbonyl (C=O) groups is 1. The Balaban J connectivity index is 3.06. The fourth-order valence-corrected chi connectivity index (χ4v) is 0.379. The molecule has 0 aliphatic carbocycles. The van der Waals surface area contributed by atoms with Gasteiger partial charge in [-0.05, 0) is 12.8 Å². The third-order valence-electron chi connectivity index (χ3n) is 0.759. The zero-order valence-corrected chi connectivity index (χ0v) is 5.72. The van der Waals surface area contributed by atoms with Gasteiger partial charge in [-0.2, -0.15) is 0 Å². The lowest BCUT2D eigenvalue weighted by Crippen LogP contribution is -2.04. The molecule has 0 fully saturated rings. The zero-order chi connectivity index (χ0) is 7.11. The summed E-state index contributed by atoms with van der Waals surface area (Å²) in [4.78, 5) is 10.5. The normalized spacial score (nSPS) is 9.11. The SMILES string of the molecule is [CH2]C[CH]C(=O)OCCC. The average molecular weight is 128 g/mol. The second-order valence-electron chi connectivity index (χ2n) is 1.66.